The molecule has 0 spiro atoms. The van der Waals surface area contributed by atoms with Crippen LogP contribution in [0.4, 0.5) is 11.4 Å². The SMILES string of the molecule is CCCCCCN(C(=O)CCCCOc1cccc2c1N=C(N)N(CC(=O)Oc1ccccc1N(C)C)C2)C1CCCC1. The summed E-state index contributed by atoms with van der Waals surface area (Å²) in [5, 5.41) is 0. The first-order valence-electron chi connectivity index (χ1n) is 16.0. The number of nitrogens with zero attached hydrogens (tertiary/aromatic N) is 4. The van der Waals surface area contributed by atoms with Crippen LogP contribution in [-0.2, 0) is 16.1 Å². The molecule has 4 rings (SSSR count). The fraction of sp³-hybridized carbons (Fsp3) is 0.559. The molecule has 234 valence electrons. The molecule has 0 saturated heterocycles. The van der Waals surface area contributed by atoms with Crippen molar-refractivity contribution in [2.45, 2.75) is 90.1 Å². The van der Waals surface area contributed by atoms with Gasteiger partial charge < -0.3 is 29.9 Å². The zero-order chi connectivity index (χ0) is 30.6. The van der Waals surface area contributed by atoms with Gasteiger partial charge in [0.2, 0.25) is 5.91 Å². The topological polar surface area (TPSA) is 101 Å². The molecule has 9 heteroatoms. The van der Waals surface area contributed by atoms with Crippen LogP contribution in [0.15, 0.2) is 47.5 Å². The number of amides is 1. The van der Waals surface area contributed by atoms with Gasteiger partial charge in [0.25, 0.3) is 0 Å². The molecule has 1 aliphatic carbocycles. The Balaban J connectivity index is 1.26. The number of benzene rings is 2. The highest BCUT2D eigenvalue weighted by Gasteiger charge is 2.26. The molecule has 1 heterocycles. The monoisotopic (exact) mass is 591 g/mol. The third kappa shape index (κ3) is 9.12. The van der Waals surface area contributed by atoms with E-state index in [-0.39, 0.29) is 12.5 Å². The Hall–Kier alpha value is -3.75. The highest BCUT2D eigenvalue weighted by molar-refractivity contribution is 5.88. The first-order valence-corrected chi connectivity index (χ1v) is 16.0. The number of aliphatic imine (C=N–C) groups is 1. The zero-order valence-corrected chi connectivity index (χ0v) is 26.2. The van der Waals surface area contributed by atoms with Gasteiger partial charge in [0.15, 0.2) is 11.7 Å². The number of carbonyl (C=O) groups is 2. The van der Waals surface area contributed by atoms with E-state index in [2.05, 4.69) is 16.8 Å². The van der Waals surface area contributed by atoms with Crippen molar-refractivity contribution in [2.75, 3.05) is 38.7 Å². The molecule has 0 bridgehead atoms. The van der Waals surface area contributed by atoms with Crippen LogP contribution in [0, 0.1) is 0 Å². The number of ether oxygens (including phenoxy) is 2. The molecule has 0 unspecified atom stereocenters. The van der Waals surface area contributed by atoms with Gasteiger partial charge in [-0.15, -0.1) is 0 Å². The van der Waals surface area contributed by atoms with Crippen LogP contribution in [0.25, 0.3) is 0 Å². The second-order valence-corrected chi connectivity index (χ2v) is 11.8. The highest BCUT2D eigenvalue weighted by atomic mass is 16.5. The number of unbranched alkanes of at least 4 members (excludes halogenated alkanes) is 4. The zero-order valence-electron chi connectivity index (χ0n) is 26.2. The second-order valence-electron chi connectivity index (χ2n) is 11.8. The minimum Gasteiger partial charge on any atom is -0.491 e. The Bertz CT molecular complexity index is 1240. The number of fused-ring (bicyclic) bond motifs is 1. The number of para-hydroxylation sites is 3. The first kappa shape index (κ1) is 32.2. The minimum absolute atomic E-state index is 0.0217. The summed E-state index contributed by atoms with van der Waals surface area (Å²) < 4.78 is 11.8. The number of rotatable bonds is 16. The van der Waals surface area contributed by atoms with Gasteiger partial charge in [-0.25, -0.2) is 9.79 Å². The Kier molecular flexibility index (Phi) is 12.1. The number of esters is 1. The van der Waals surface area contributed by atoms with E-state index in [1.54, 1.807) is 11.0 Å². The maximum atomic E-state index is 13.1. The molecule has 0 aromatic heterocycles. The highest BCUT2D eigenvalue weighted by Crippen LogP contribution is 2.35. The van der Waals surface area contributed by atoms with Crippen LogP contribution in [-0.4, -0.2) is 67.5 Å². The van der Waals surface area contributed by atoms with Gasteiger partial charge in [0, 0.05) is 45.2 Å². The van der Waals surface area contributed by atoms with Crippen LogP contribution in [0.3, 0.4) is 0 Å². The van der Waals surface area contributed by atoms with Crippen LogP contribution >= 0.6 is 0 Å². The normalized spacial score (nSPS) is 14.7. The van der Waals surface area contributed by atoms with Crippen molar-refractivity contribution in [2.24, 2.45) is 10.7 Å². The lowest BCUT2D eigenvalue weighted by atomic mass is 10.1. The molecule has 1 aliphatic heterocycles. The molecule has 2 aliphatic rings. The molecule has 0 radical (unpaired) electrons. The van der Waals surface area contributed by atoms with Gasteiger partial charge in [0.1, 0.15) is 18.0 Å². The average molecular weight is 592 g/mol. The van der Waals surface area contributed by atoms with Crippen LogP contribution < -0.4 is 20.1 Å². The summed E-state index contributed by atoms with van der Waals surface area (Å²) in [7, 11) is 3.80. The van der Waals surface area contributed by atoms with Crippen molar-refractivity contribution in [1.82, 2.24) is 9.80 Å². The third-order valence-corrected chi connectivity index (χ3v) is 8.27. The summed E-state index contributed by atoms with van der Waals surface area (Å²) in [5.41, 5.74) is 8.73. The Labute approximate surface area is 257 Å². The van der Waals surface area contributed by atoms with E-state index >= 15 is 0 Å². The molecular weight excluding hydrogens is 542 g/mol. The van der Waals surface area contributed by atoms with E-state index < -0.39 is 5.97 Å². The van der Waals surface area contributed by atoms with E-state index in [4.69, 9.17) is 15.2 Å². The smallest absolute Gasteiger partial charge is 0.331 e. The van der Waals surface area contributed by atoms with Gasteiger partial charge in [-0.1, -0.05) is 63.3 Å². The molecule has 43 heavy (non-hydrogen) atoms. The van der Waals surface area contributed by atoms with Crippen molar-refractivity contribution in [3.05, 3.63) is 48.0 Å². The molecule has 2 N–H and O–H groups in total. The fourth-order valence-corrected chi connectivity index (χ4v) is 5.91. The van der Waals surface area contributed by atoms with Crippen LogP contribution in [0.2, 0.25) is 0 Å². The molecular formula is C34H49N5O4. The number of carbonyl (C=O) groups excluding carboxylic acids is 2. The third-order valence-electron chi connectivity index (χ3n) is 8.27. The van der Waals surface area contributed by atoms with Gasteiger partial charge >= 0.3 is 5.97 Å². The molecule has 1 saturated carbocycles. The van der Waals surface area contributed by atoms with Gasteiger partial charge in [-0.2, -0.15) is 0 Å². The van der Waals surface area contributed by atoms with Gasteiger partial charge in [-0.05, 0) is 50.3 Å². The molecule has 1 fully saturated rings. The Morgan fingerprint density at radius 3 is 2.51 bits per heavy atom. The number of hydrogen-bond acceptors (Lipinski definition) is 8. The summed E-state index contributed by atoms with van der Waals surface area (Å²) in [5.74, 6) is 1.29. The van der Waals surface area contributed by atoms with E-state index in [1.165, 1.54) is 32.1 Å². The number of anilines is 1. The van der Waals surface area contributed by atoms with E-state index in [0.29, 0.717) is 48.7 Å². The molecule has 2 aromatic rings. The van der Waals surface area contributed by atoms with E-state index in [9.17, 15) is 9.59 Å². The molecule has 2 aromatic carbocycles. The number of nitrogens with two attached hydrogens (primary N) is 1. The summed E-state index contributed by atoms with van der Waals surface area (Å²) in [6.45, 7) is 4.02. The predicted octanol–water partition coefficient (Wildman–Crippen LogP) is 6.02. The first-order chi connectivity index (χ1) is 20.9. The van der Waals surface area contributed by atoms with Crippen molar-refractivity contribution in [3.8, 4) is 11.5 Å². The number of hydrogen-bond donors (Lipinski definition) is 1. The predicted molar refractivity (Wildman–Crippen MR) is 172 cm³/mol. The second kappa shape index (κ2) is 16.2. The lowest BCUT2D eigenvalue weighted by molar-refractivity contribution is -0.135. The lowest BCUT2D eigenvalue weighted by Gasteiger charge is -2.29. The Morgan fingerprint density at radius 1 is 0.977 bits per heavy atom. The van der Waals surface area contributed by atoms with Gasteiger partial charge in [0.05, 0.1) is 12.3 Å². The summed E-state index contributed by atoms with van der Waals surface area (Å²) in [6, 6.07) is 13.6. The summed E-state index contributed by atoms with van der Waals surface area (Å²) >= 11 is 0. The maximum Gasteiger partial charge on any atom is 0.331 e. The van der Waals surface area contributed by atoms with Crippen molar-refractivity contribution < 1.29 is 19.1 Å². The molecule has 0 atom stereocenters. The largest absolute Gasteiger partial charge is 0.491 e. The average Bonchev–Trinajstić information content (AvgIpc) is 3.52. The quantitative estimate of drug-likeness (QED) is 0.145. The van der Waals surface area contributed by atoms with Gasteiger partial charge in [-0.3, -0.25) is 4.79 Å². The van der Waals surface area contributed by atoms with Crippen molar-refractivity contribution in [1.29, 1.82) is 0 Å². The van der Waals surface area contributed by atoms with Crippen LogP contribution in [0.5, 0.6) is 11.5 Å². The number of guanidine groups is 1. The van der Waals surface area contributed by atoms with Crippen molar-refractivity contribution >= 4 is 29.2 Å². The van der Waals surface area contributed by atoms with Crippen molar-refractivity contribution in [3.63, 3.8) is 0 Å². The summed E-state index contributed by atoms with van der Waals surface area (Å²) in [6.07, 6.45) is 11.7. The Morgan fingerprint density at radius 2 is 1.74 bits per heavy atom. The molecule has 1 amide bonds. The lowest BCUT2D eigenvalue weighted by Crippen LogP contribution is -2.42. The maximum absolute atomic E-state index is 13.1. The van der Waals surface area contributed by atoms with Crippen LogP contribution in [0.1, 0.15) is 83.1 Å². The molecule has 9 nitrogen and oxygen atoms in total. The fourth-order valence-electron chi connectivity index (χ4n) is 5.91. The summed E-state index contributed by atoms with van der Waals surface area (Å²) in [4.78, 5) is 36.3. The standard InChI is InChI=1S/C34H49N5O4/c1-4-5-6-12-22-39(27-16-7-8-17-27)31(40)21-11-13-23-42-30-20-14-15-26-24-38(34(35)36-33(26)30)25-32(41)43-29-19-10-9-18-28(29)37(2)3/h9-10,14-15,18-20,27H,4-8,11-13,16-17,21-25H2,1-3H3,(H2,35,36). The van der Waals surface area contributed by atoms with E-state index in [0.717, 1.165) is 49.9 Å². The van der Waals surface area contributed by atoms with E-state index in [1.807, 2.05) is 55.4 Å². The minimum atomic E-state index is -0.412.